The highest BCUT2D eigenvalue weighted by Gasteiger charge is 2.21. The van der Waals surface area contributed by atoms with E-state index >= 15 is 0 Å². The van der Waals surface area contributed by atoms with Crippen molar-refractivity contribution in [3.05, 3.63) is 36.2 Å². The van der Waals surface area contributed by atoms with E-state index in [1.807, 2.05) is 30.3 Å². The standard InChI is InChI=1S/C12H15N5O2/c13-7-6-9(12(18)19)8-11-14-15-16-17(11)10-4-2-1-3-5-10/h1-5,9H,6-8,13H2,(H,18,19). The predicted molar refractivity (Wildman–Crippen MR) is 67.7 cm³/mol. The maximum atomic E-state index is 11.1. The predicted octanol–water partition coefficient (Wildman–Crippen LogP) is 0.254. The Bertz CT molecular complexity index is 540. The number of hydrogen-bond acceptors (Lipinski definition) is 5. The topological polar surface area (TPSA) is 107 Å². The quantitative estimate of drug-likeness (QED) is 0.772. The van der Waals surface area contributed by atoms with Crippen LogP contribution in [0.5, 0.6) is 0 Å². The molecular formula is C12H15N5O2. The summed E-state index contributed by atoms with van der Waals surface area (Å²) in [5.41, 5.74) is 6.23. The first-order chi connectivity index (χ1) is 9.22. The van der Waals surface area contributed by atoms with Gasteiger partial charge < -0.3 is 10.8 Å². The van der Waals surface area contributed by atoms with Gasteiger partial charge in [-0.15, -0.1) is 5.10 Å². The van der Waals surface area contributed by atoms with E-state index in [0.29, 0.717) is 18.8 Å². The highest BCUT2D eigenvalue weighted by molar-refractivity contribution is 5.70. The first-order valence-electron chi connectivity index (χ1n) is 5.98. The number of tetrazole rings is 1. The molecule has 0 amide bonds. The molecule has 2 aromatic rings. The summed E-state index contributed by atoms with van der Waals surface area (Å²) in [5, 5.41) is 20.5. The minimum atomic E-state index is -0.881. The number of carbonyl (C=O) groups is 1. The first-order valence-corrected chi connectivity index (χ1v) is 5.98. The molecule has 0 spiro atoms. The number of hydrogen-bond donors (Lipinski definition) is 2. The lowest BCUT2D eigenvalue weighted by atomic mass is 10.0. The number of para-hydroxylation sites is 1. The van der Waals surface area contributed by atoms with E-state index in [2.05, 4.69) is 15.5 Å². The molecule has 1 atom stereocenters. The van der Waals surface area contributed by atoms with Gasteiger partial charge in [-0.05, 0) is 35.5 Å². The van der Waals surface area contributed by atoms with Gasteiger partial charge in [-0.25, -0.2) is 0 Å². The average Bonchev–Trinajstić information content (AvgIpc) is 2.87. The molecule has 0 radical (unpaired) electrons. The van der Waals surface area contributed by atoms with Crippen molar-refractivity contribution >= 4 is 5.97 Å². The van der Waals surface area contributed by atoms with Crippen molar-refractivity contribution < 1.29 is 9.90 Å². The molecule has 1 aromatic carbocycles. The Morgan fingerprint density at radius 1 is 1.37 bits per heavy atom. The fourth-order valence-corrected chi connectivity index (χ4v) is 1.84. The molecule has 0 aliphatic heterocycles. The summed E-state index contributed by atoms with van der Waals surface area (Å²) < 4.78 is 1.55. The molecule has 0 fully saturated rings. The number of aromatic nitrogens is 4. The van der Waals surface area contributed by atoms with E-state index in [9.17, 15) is 4.79 Å². The Hall–Kier alpha value is -2.28. The number of nitrogens with two attached hydrogens (primary N) is 1. The molecule has 1 unspecified atom stereocenters. The minimum Gasteiger partial charge on any atom is -0.481 e. The molecule has 0 saturated carbocycles. The third-order valence-electron chi connectivity index (χ3n) is 2.83. The molecule has 1 heterocycles. The van der Waals surface area contributed by atoms with Gasteiger partial charge in [0.05, 0.1) is 11.6 Å². The van der Waals surface area contributed by atoms with Crippen LogP contribution in [0.2, 0.25) is 0 Å². The summed E-state index contributed by atoms with van der Waals surface area (Å²) >= 11 is 0. The third kappa shape index (κ3) is 3.14. The van der Waals surface area contributed by atoms with Gasteiger partial charge in [0, 0.05) is 6.42 Å². The van der Waals surface area contributed by atoms with Crippen LogP contribution in [0.1, 0.15) is 12.2 Å². The minimum absolute atomic E-state index is 0.258. The van der Waals surface area contributed by atoms with Crippen LogP contribution in [-0.2, 0) is 11.2 Å². The summed E-state index contributed by atoms with van der Waals surface area (Å²) in [5.74, 6) is -0.932. The monoisotopic (exact) mass is 261 g/mol. The molecule has 0 aliphatic rings. The lowest BCUT2D eigenvalue weighted by molar-refractivity contribution is -0.141. The van der Waals surface area contributed by atoms with E-state index in [1.165, 1.54) is 0 Å². The molecule has 0 aliphatic carbocycles. The van der Waals surface area contributed by atoms with Crippen LogP contribution in [0.15, 0.2) is 30.3 Å². The molecule has 100 valence electrons. The van der Waals surface area contributed by atoms with E-state index < -0.39 is 11.9 Å². The summed E-state index contributed by atoms with van der Waals surface area (Å²) in [6.07, 6.45) is 0.658. The fraction of sp³-hybridized carbons (Fsp3) is 0.333. The van der Waals surface area contributed by atoms with Gasteiger partial charge in [0.1, 0.15) is 0 Å². The average molecular weight is 261 g/mol. The largest absolute Gasteiger partial charge is 0.481 e. The fourth-order valence-electron chi connectivity index (χ4n) is 1.84. The van der Waals surface area contributed by atoms with Gasteiger partial charge in [-0.2, -0.15) is 4.68 Å². The van der Waals surface area contributed by atoms with Crippen molar-refractivity contribution in [2.24, 2.45) is 11.7 Å². The van der Waals surface area contributed by atoms with Crippen molar-refractivity contribution in [3.8, 4) is 5.69 Å². The molecule has 1 aromatic heterocycles. The van der Waals surface area contributed by atoms with Crippen LogP contribution < -0.4 is 5.73 Å². The summed E-state index contributed by atoms with van der Waals surface area (Å²) in [6, 6.07) is 9.35. The second-order valence-corrected chi connectivity index (χ2v) is 4.16. The molecule has 0 bridgehead atoms. The Labute approximate surface area is 110 Å². The number of nitrogens with zero attached hydrogens (tertiary/aromatic N) is 4. The number of benzene rings is 1. The Balaban J connectivity index is 2.22. The maximum Gasteiger partial charge on any atom is 0.306 e. The van der Waals surface area contributed by atoms with Crippen LogP contribution in [-0.4, -0.2) is 37.8 Å². The zero-order valence-corrected chi connectivity index (χ0v) is 10.3. The third-order valence-corrected chi connectivity index (χ3v) is 2.83. The van der Waals surface area contributed by atoms with Crippen LogP contribution in [0.4, 0.5) is 0 Å². The molecule has 7 nitrogen and oxygen atoms in total. The van der Waals surface area contributed by atoms with Gasteiger partial charge in [-0.1, -0.05) is 18.2 Å². The number of rotatable bonds is 6. The lowest BCUT2D eigenvalue weighted by Crippen LogP contribution is -2.22. The van der Waals surface area contributed by atoms with Gasteiger partial charge >= 0.3 is 5.97 Å². The van der Waals surface area contributed by atoms with Crippen LogP contribution in [0, 0.1) is 5.92 Å². The normalized spacial score (nSPS) is 12.3. The van der Waals surface area contributed by atoms with Crippen molar-refractivity contribution in [2.45, 2.75) is 12.8 Å². The zero-order valence-electron chi connectivity index (χ0n) is 10.3. The summed E-state index contributed by atoms with van der Waals surface area (Å²) in [6.45, 7) is 0.323. The molecule has 7 heteroatoms. The molecule has 2 rings (SSSR count). The Kier molecular flexibility index (Phi) is 4.19. The highest BCUT2D eigenvalue weighted by atomic mass is 16.4. The number of carboxylic acids is 1. The Morgan fingerprint density at radius 3 is 2.74 bits per heavy atom. The molecule has 0 saturated heterocycles. The van der Waals surface area contributed by atoms with Crippen LogP contribution in [0.25, 0.3) is 5.69 Å². The van der Waals surface area contributed by atoms with Gasteiger partial charge in [0.25, 0.3) is 0 Å². The summed E-state index contributed by atoms with van der Waals surface area (Å²) in [4.78, 5) is 11.1. The number of carboxylic acid groups (broad SMARTS) is 1. The van der Waals surface area contributed by atoms with Gasteiger partial charge in [0.2, 0.25) is 0 Å². The van der Waals surface area contributed by atoms with E-state index in [4.69, 9.17) is 10.8 Å². The van der Waals surface area contributed by atoms with Crippen LogP contribution >= 0.6 is 0 Å². The van der Waals surface area contributed by atoms with E-state index in [-0.39, 0.29) is 6.42 Å². The summed E-state index contributed by atoms with van der Waals surface area (Å²) in [7, 11) is 0. The van der Waals surface area contributed by atoms with Crippen molar-refractivity contribution in [3.63, 3.8) is 0 Å². The molecule has 19 heavy (non-hydrogen) atoms. The van der Waals surface area contributed by atoms with Crippen LogP contribution in [0.3, 0.4) is 0 Å². The first kappa shape index (κ1) is 13.2. The van der Waals surface area contributed by atoms with Crippen molar-refractivity contribution in [1.29, 1.82) is 0 Å². The van der Waals surface area contributed by atoms with Crippen molar-refractivity contribution in [2.75, 3.05) is 6.54 Å². The lowest BCUT2D eigenvalue weighted by Gasteiger charge is -2.10. The zero-order chi connectivity index (χ0) is 13.7. The second-order valence-electron chi connectivity index (χ2n) is 4.16. The smallest absolute Gasteiger partial charge is 0.306 e. The Morgan fingerprint density at radius 2 is 2.11 bits per heavy atom. The van der Waals surface area contributed by atoms with E-state index in [1.54, 1.807) is 4.68 Å². The SMILES string of the molecule is NCCC(Cc1nnnn1-c1ccccc1)C(=O)O. The van der Waals surface area contributed by atoms with E-state index in [0.717, 1.165) is 5.69 Å². The van der Waals surface area contributed by atoms with Crippen molar-refractivity contribution in [1.82, 2.24) is 20.2 Å². The number of aliphatic carboxylic acids is 1. The molecule has 3 N–H and O–H groups in total. The second kappa shape index (κ2) is 6.05. The highest BCUT2D eigenvalue weighted by Crippen LogP contribution is 2.13. The maximum absolute atomic E-state index is 11.1. The van der Waals surface area contributed by atoms with Gasteiger partial charge in [-0.3, -0.25) is 4.79 Å². The van der Waals surface area contributed by atoms with Gasteiger partial charge in [0.15, 0.2) is 5.82 Å². The molecular weight excluding hydrogens is 246 g/mol.